The Balaban J connectivity index is 1.65. The van der Waals surface area contributed by atoms with Crippen LogP contribution in [0.3, 0.4) is 0 Å². The van der Waals surface area contributed by atoms with E-state index >= 15 is 0 Å². The molecule has 11 nitrogen and oxygen atoms in total. The highest BCUT2D eigenvalue weighted by Gasteiger charge is 2.37. The summed E-state index contributed by atoms with van der Waals surface area (Å²) in [7, 11) is 0. The summed E-state index contributed by atoms with van der Waals surface area (Å²) in [6.45, 7) is 11.1. The molecule has 2 amide bonds. The van der Waals surface area contributed by atoms with Crippen molar-refractivity contribution in [1.82, 2.24) is 24.8 Å². The number of piperazine rings is 1. The molecule has 0 aromatic carbocycles. The van der Waals surface area contributed by atoms with Gasteiger partial charge in [0.1, 0.15) is 12.5 Å². The van der Waals surface area contributed by atoms with Crippen LogP contribution in [0.5, 0.6) is 0 Å². The van der Waals surface area contributed by atoms with E-state index in [0.29, 0.717) is 70.1 Å². The number of hydrogen-bond acceptors (Lipinski definition) is 9. The van der Waals surface area contributed by atoms with Crippen molar-refractivity contribution < 1.29 is 9.59 Å². The zero-order chi connectivity index (χ0) is 22.9. The fraction of sp³-hybridized carbons (Fsp3) is 0.524. The molecule has 3 rings (SSSR count). The number of carbonyl (C=O) groups excluding carboxylic acids is 2. The first-order chi connectivity index (χ1) is 15.6. The third-order valence-electron chi connectivity index (χ3n) is 5.40. The monoisotopic (exact) mass is 439 g/mol. The molecule has 0 aliphatic carbocycles. The minimum atomic E-state index is -0.469. The third kappa shape index (κ3) is 5.51. The van der Waals surface area contributed by atoms with Crippen molar-refractivity contribution in [2.24, 2.45) is 0 Å². The Kier molecular flexibility index (Phi) is 7.96. The maximum Gasteiger partial charge on any atom is 0.245 e. The van der Waals surface area contributed by atoms with E-state index in [1.54, 1.807) is 22.0 Å². The van der Waals surface area contributed by atoms with Gasteiger partial charge in [-0.25, -0.2) is 0 Å². The van der Waals surface area contributed by atoms with Crippen molar-refractivity contribution >= 4 is 29.7 Å². The van der Waals surface area contributed by atoms with E-state index in [1.165, 1.54) is 0 Å². The molecular weight excluding hydrogens is 410 g/mol. The molecule has 1 atom stereocenters. The number of anilines is 3. The van der Waals surface area contributed by atoms with Gasteiger partial charge in [-0.15, -0.1) is 13.2 Å². The van der Waals surface area contributed by atoms with Crippen LogP contribution < -0.4 is 15.5 Å². The molecule has 1 aromatic heterocycles. The Morgan fingerprint density at radius 1 is 1.03 bits per heavy atom. The molecule has 1 unspecified atom stereocenters. The highest BCUT2D eigenvalue weighted by Crippen LogP contribution is 2.22. The van der Waals surface area contributed by atoms with Crippen LogP contribution in [0.4, 0.5) is 17.8 Å². The Morgan fingerprint density at radius 2 is 1.66 bits per heavy atom. The van der Waals surface area contributed by atoms with Gasteiger partial charge in [0.2, 0.25) is 29.7 Å². The summed E-state index contributed by atoms with van der Waals surface area (Å²) in [6.07, 6.45) is 4.66. The molecule has 0 saturated carbocycles. The molecule has 2 aliphatic heterocycles. The summed E-state index contributed by atoms with van der Waals surface area (Å²) in [4.78, 5) is 43.9. The summed E-state index contributed by atoms with van der Waals surface area (Å²) in [6, 6.07) is 1.41. The van der Waals surface area contributed by atoms with E-state index in [-0.39, 0.29) is 18.2 Å². The molecule has 1 aromatic rings. The first-order valence-electron chi connectivity index (χ1n) is 10.7. The van der Waals surface area contributed by atoms with E-state index < -0.39 is 6.04 Å². The number of hydrogen-bond donors (Lipinski definition) is 2. The maximum absolute atomic E-state index is 13.1. The van der Waals surface area contributed by atoms with Gasteiger partial charge in [0.25, 0.3) is 0 Å². The van der Waals surface area contributed by atoms with Crippen LogP contribution in [0.2, 0.25) is 0 Å². The van der Waals surface area contributed by atoms with Crippen LogP contribution in [0.25, 0.3) is 0 Å². The van der Waals surface area contributed by atoms with Gasteiger partial charge in [0.15, 0.2) is 0 Å². The van der Waals surface area contributed by atoms with E-state index in [0.717, 1.165) is 6.42 Å². The van der Waals surface area contributed by atoms with Crippen LogP contribution in [-0.4, -0.2) is 88.4 Å². The minimum absolute atomic E-state index is 0.0502. The predicted octanol–water partition coefficient (Wildman–Crippen LogP) is 0.621. The van der Waals surface area contributed by atoms with Crippen LogP contribution in [0.15, 0.2) is 25.3 Å². The predicted molar refractivity (Wildman–Crippen MR) is 121 cm³/mol. The summed E-state index contributed by atoms with van der Waals surface area (Å²) >= 11 is 0. The molecule has 170 valence electrons. The van der Waals surface area contributed by atoms with Gasteiger partial charge in [-0.3, -0.25) is 9.59 Å². The molecule has 2 N–H and O–H groups in total. The Hall–Kier alpha value is -3.68. The molecule has 2 fully saturated rings. The maximum atomic E-state index is 13.1. The topological polar surface area (TPSA) is 130 Å². The number of amides is 2. The number of nitrogens with one attached hydrogen (secondary N) is 2. The summed E-state index contributed by atoms with van der Waals surface area (Å²) in [5.74, 6) is 1.09. The van der Waals surface area contributed by atoms with Gasteiger partial charge in [0, 0.05) is 45.8 Å². The lowest BCUT2D eigenvalue weighted by atomic mass is 10.1. The van der Waals surface area contributed by atoms with Crippen molar-refractivity contribution in [3.8, 4) is 6.07 Å². The van der Waals surface area contributed by atoms with Gasteiger partial charge < -0.3 is 25.3 Å². The first-order valence-corrected chi connectivity index (χ1v) is 10.7. The lowest BCUT2D eigenvalue weighted by Crippen LogP contribution is -2.54. The smallest absolute Gasteiger partial charge is 0.245 e. The molecule has 0 radical (unpaired) electrons. The second-order valence-corrected chi connectivity index (χ2v) is 7.51. The second-order valence-electron chi connectivity index (χ2n) is 7.51. The Labute approximate surface area is 187 Å². The number of aromatic nitrogens is 3. The third-order valence-corrected chi connectivity index (χ3v) is 5.40. The van der Waals surface area contributed by atoms with Gasteiger partial charge in [-0.2, -0.15) is 20.2 Å². The van der Waals surface area contributed by atoms with Crippen molar-refractivity contribution in [3.05, 3.63) is 25.3 Å². The Morgan fingerprint density at radius 3 is 2.22 bits per heavy atom. The van der Waals surface area contributed by atoms with Gasteiger partial charge in [0.05, 0.1) is 6.07 Å². The molecule has 3 heterocycles. The first kappa shape index (κ1) is 23.0. The van der Waals surface area contributed by atoms with Gasteiger partial charge in [-0.1, -0.05) is 12.2 Å². The van der Waals surface area contributed by atoms with Crippen LogP contribution in [0, 0.1) is 11.3 Å². The highest BCUT2D eigenvalue weighted by molar-refractivity contribution is 5.89. The van der Waals surface area contributed by atoms with E-state index in [2.05, 4.69) is 38.7 Å². The standard InChI is InChI=1S/C21H29N9O2/c1-3-9-23-19-25-20(24-10-4-2)27-21(26-19)29-14-12-28(13-15-29)18(32)16-6-5-11-30(16)17(31)7-8-22/h3-4,16H,1-2,5-7,9-15H2,(H2,23,24,25,26,27). The van der Waals surface area contributed by atoms with E-state index in [9.17, 15) is 9.59 Å². The molecule has 2 saturated heterocycles. The molecule has 32 heavy (non-hydrogen) atoms. The zero-order valence-corrected chi connectivity index (χ0v) is 18.2. The van der Waals surface area contributed by atoms with Crippen LogP contribution >= 0.6 is 0 Å². The molecular formula is C21H29N9O2. The summed E-state index contributed by atoms with van der Waals surface area (Å²) < 4.78 is 0. The SMILES string of the molecule is C=CCNc1nc(NCC=C)nc(N2CCN(C(=O)C3CCCN3C(=O)CC#N)CC2)n1. The van der Waals surface area contributed by atoms with Crippen molar-refractivity contribution in [1.29, 1.82) is 5.26 Å². The molecule has 11 heteroatoms. The van der Waals surface area contributed by atoms with Gasteiger partial charge >= 0.3 is 0 Å². The zero-order valence-electron chi connectivity index (χ0n) is 18.2. The van der Waals surface area contributed by atoms with Crippen LogP contribution in [0.1, 0.15) is 19.3 Å². The van der Waals surface area contributed by atoms with Gasteiger partial charge in [-0.05, 0) is 12.8 Å². The summed E-state index contributed by atoms with van der Waals surface area (Å²) in [5, 5.41) is 15.0. The van der Waals surface area contributed by atoms with Crippen molar-refractivity contribution in [3.63, 3.8) is 0 Å². The molecule has 0 bridgehead atoms. The fourth-order valence-corrected chi connectivity index (χ4v) is 3.82. The number of nitrogens with zero attached hydrogens (tertiary/aromatic N) is 7. The van der Waals surface area contributed by atoms with Crippen LogP contribution in [-0.2, 0) is 9.59 Å². The molecule has 2 aliphatic rings. The summed E-state index contributed by atoms with van der Waals surface area (Å²) in [5.41, 5.74) is 0. The lowest BCUT2D eigenvalue weighted by Gasteiger charge is -2.37. The van der Waals surface area contributed by atoms with E-state index in [4.69, 9.17) is 5.26 Å². The minimum Gasteiger partial charge on any atom is -0.351 e. The van der Waals surface area contributed by atoms with E-state index in [1.807, 2.05) is 11.0 Å². The number of carbonyl (C=O) groups is 2. The quantitative estimate of drug-likeness (QED) is 0.532. The fourth-order valence-electron chi connectivity index (χ4n) is 3.82. The van der Waals surface area contributed by atoms with Crippen molar-refractivity contribution in [2.45, 2.75) is 25.3 Å². The normalized spacial score (nSPS) is 18.1. The number of rotatable bonds is 9. The largest absolute Gasteiger partial charge is 0.351 e. The average molecular weight is 440 g/mol. The lowest BCUT2D eigenvalue weighted by molar-refractivity contribution is -0.143. The highest BCUT2D eigenvalue weighted by atomic mass is 16.2. The van der Waals surface area contributed by atoms with Crippen molar-refractivity contribution in [2.75, 3.05) is 61.3 Å². The molecule has 0 spiro atoms. The average Bonchev–Trinajstić information content (AvgIpc) is 3.31. The second kappa shape index (κ2) is 11.1. The number of likely N-dealkylation sites (tertiary alicyclic amines) is 1. The number of nitriles is 1. The Bertz CT molecular complexity index is 859.